The SMILES string of the molecule is CNC(c1ccc(OC)c(F)c1)c1cc(Br)ccc1F. The molecule has 106 valence electrons. The molecule has 1 N–H and O–H groups in total. The smallest absolute Gasteiger partial charge is 0.165 e. The summed E-state index contributed by atoms with van der Waals surface area (Å²) in [4.78, 5) is 0. The summed E-state index contributed by atoms with van der Waals surface area (Å²) < 4.78 is 33.4. The standard InChI is InChI=1S/C15H14BrF2NO/c1-19-15(11-8-10(16)4-5-12(11)17)9-3-6-14(20-2)13(18)7-9/h3-8,15,19H,1-2H3. The van der Waals surface area contributed by atoms with E-state index in [-0.39, 0.29) is 11.6 Å². The predicted octanol–water partition coefficient (Wildman–Crippen LogP) is 4.04. The number of benzene rings is 2. The summed E-state index contributed by atoms with van der Waals surface area (Å²) >= 11 is 3.32. The highest BCUT2D eigenvalue weighted by Crippen LogP contribution is 2.29. The molecule has 2 rings (SSSR count). The Balaban J connectivity index is 2.46. The molecule has 0 aliphatic carbocycles. The van der Waals surface area contributed by atoms with Gasteiger partial charge in [-0.15, -0.1) is 0 Å². The molecule has 1 atom stereocenters. The second-order valence-corrected chi connectivity index (χ2v) is 5.20. The van der Waals surface area contributed by atoms with Crippen molar-refractivity contribution in [3.8, 4) is 5.75 Å². The lowest BCUT2D eigenvalue weighted by Gasteiger charge is -2.19. The van der Waals surface area contributed by atoms with Gasteiger partial charge in [0.05, 0.1) is 13.2 Å². The molecule has 2 aromatic carbocycles. The van der Waals surface area contributed by atoms with E-state index in [0.29, 0.717) is 11.1 Å². The third kappa shape index (κ3) is 2.99. The molecule has 5 heteroatoms. The van der Waals surface area contributed by atoms with E-state index in [9.17, 15) is 8.78 Å². The van der Waals surface area contributed by atoms with Gasteiger partial charge >= 0.3 is 0 Å². The van der Waals surface area contributed by atoms with E-state index in [0.717, 1.165) is 4.47 Å². The van der Waals surface area contributed by atoms with Crippen LogP contribution in [0.1, 0.15) is 17.2 Å². The van der Waals surface area contributed by atoms with Crippen molar-refractivity contribution in [3.63, 3.8) is 0 Å². The maximum Gasteiger partial charge on any atom is 0.165 e. The molecule has 0 aliphatic heterocycles. The fourth-order valence-electron chi connectivity index (χ4n) is 2.10. The summed E-state index contributed by atoms with van der Waals surface area (Å²) in [6.07, 6.45) is 0. The van der Waals surface area contributed by atoms with Crippen molar-refractivity contribution in [2.45, 2.75) is 6.04 Å². The first-order valence-corrected chi connectivity index (χ1v) is 6.81. The fourth-order valence-corrected chi connectivity index (χ4v) is 2.48. The first kappa shape index (κ1) is 14.9. The Morgan fingerprint density at radius 1 is 1.10 bits per heavy atom. The van der Waals surface area contributed by atoms with Gasteiger partial charge in [0, 0.05) is 10.0 Å². The molecular weight excluding hydrogens is 328 g/mol. The molecule has 0 spiro atoms. The molecule has 0 radical (unpaired) electrons. The van der Waals surface area contributed by atoms with Crippen molar-refractivity contribution in [2.75, 3.05) is 14.2 Å². The number of halogens is 3. The molecule has 2 aromatic rings. The average Bonchev–Trinajstić information content (AvgIpc) is 2.44. The monoisotopic (exact) mass is 341 g/mol. The third-order valence-electron chi connectivity index (χ3n) is 3.07. The van der Waals surface area contributed by atoms with Crippen LogP contribution in [0, 0.1) is 11.6 Å². The number of hydrogen-bond donors (Lipinski definition) is 1. The highest BCUT2D eigenvalue weighted by molar-refractivity contribution is 9.10. The van der Waals surface area contributed by atoms with Crippen molar-refractivity contribution in [1.82, 2.24) is 5.32 Å². The maximum absolute atomic E-state index is 14.0. The van der Waals surface area contributed by atoms with E-state index in [2.05, 4.69) is 21.2 Å². The average molecular weight is 342 g/mol. The molecule has 0 bridgehead atoms. The molecule has 0 aliphatic rings. The Morgan fingerprint density at radius 2 is 1.85 bits per heavy atom. The summed E-state index contributed by atoms with van der Waals surface area (Å²) in [7, 11) is 3.11. The molecule has 0 amide bonds. The highest BCUT2D eigenvalue weighted by Gasteiger charge is 2.18. The van der Waals surface area contributed by atoms with E-state index >= 15 is 0 Å². The van der Waals surface area contributed by atoms with Gasteiger partial charge in [0.15, 0.2) is 11.6 Å². The van der Waals surface area contributed by atoms with Crippen LogP contribution in [-0.2, 0) is 0 Å². The van der Waals surface area contributed by atoms with Gasteiger partial charge in [-0.1, -0.05) is 22.0 Å². The zero-order valence-electron chi connectivity index (χ0n) is 11.1. The molecule has 1 unspecified atom stereocenters. The predicted molar refractivity (Wildman–Crippen MR) is 78.0 cm³/mol. The lowest BCUT2D eigenvalue weighted by Crippen LogP contribution is -2.19. The second kappa shape index (κ2) is 6.33. The van der Waals surface area contributed by atoms with Gasteiger partial charge in [-0.25, -0.2) is 8.78 Å². The van der Waals surface area contributed by atoms with Gasteiger partial charge in [0.2, 0.25) is 0 Å². The van der Waals surface area contributed by atoms with Crippen LogP contribution in [0.5, 0.6) is 5.75 Å². The number of hydrogen-bond acceptors (Lipinski definition) is 2. The van der Waals surface area contributed by atoms with Crippen LogP contribution in [0.15, 0.2) is 40.9 Å². The van der Waals surface area contributed by atoms with Crippen LogP contribution in [0.2, 0.25) is 0 Å². The molecule has 0 aromatic heterocycles. The van der Waals surface area contributed by atoms with E-state index in [1.807, 2.05) is 0 Å². The summed E-state index contributed by atoms with van der Waals surface area (Å²) in [6.45, 7) is 0. The van der Waals surface area contributed by atoms with Gasteiger partial charge in [0.25, 0.3) is 0 Å². The number of ether oxygens (including phenoxy) is 1. The van der Waals surface area contributed by atoms with Crippen LogP contribution in [-0.4, -0.2) is 14.2 Å². The Hall–Kier alpha value is -1.46. The van der Waals surface area contributed by atoms with E-state index in [1.165, 1.54) is 25.3 Å². The summed E-state index contributed by atoms with van der Waals surface area (Å²) in [6, 6.07) is 8.84. The van der Waals surface area contributed by atoms with Crippen LogP contribution in [0.25, 0.3) is 0 Å². The first-order valence-electron chi connectivity index (χ1n) is 6.02. The highest BCUT2D eigenvalue weighted by atomic mass is 79.9. The lowest BCUT2D eigenvalue weighted by atomic mass is 9.98. The zero-order chi connectivity index (χ0) is 14.7. The zero-order valence-corrected chi connectivity index (χ0v) is 12.7. The van der Waals surface area contributed by atoms with Gasteiger partial charge in [0.1, 0.15) is 5.82 Å². The molecule has 0 heterocycles. The Kier molecular flexibility index (Phi) is 4.73. The van der Waals surface area contributed by atoms with E-state index in [1.54, 1.807) is 25.2 Å². The topological polar surface area (TPSA) is 21.3 Å². The molecular formula is C15H14BrF2NO. The van der Waals surface area contributed by atoms with Gasteiger partial charge < -0.3 is 10.1 Å². The van der Waals surface area contributed by atoms with Crippen molar-refractivity contribution in [3.05, 3.63) is 63.6 Å². The molecule has 0 fully saturated rings. The number of nitrogens with one attached hydrogen (secondary N) is 1. The number of methoxy groups -OCH3 is 1. The summed E-state index contributed by atoms with van der Waals surface area (Å²) in [5.74, 6) is -0.650. The van der Waals surface area contributed by atoms with E-state index < -0.39 is 11.9 Å². The Labute approximate surface area is 124 Å². The first-order chi connectivity index (χ1) is 9.56. The molecule has 2 nitrogen and oxygen atoms in total. The lowest BCUT2D eigenvalue weighted by molar-refractivity contribution is 0.386. The third-order valence-corrected chi connectivity index (χ3v) is 3.56. The largest absolute Gasteiger partial charge is 0.494 e. The van der Waals surface area contributed by atoms with Crippen LogP contribution < -0.4 is 10.1 Å². The second-order valence-electron chi connectivity index (χ2n) is 4.28. The fraction of sp³-hybridized carbons (Fsp3) is 0.200. The quantitative estimate of drug-likeness (QED) is 0.905. The van der Waals surface area contributed by atoms with Crippen molar-refractivity contribution < 1.29 is 13.5 Å². The van der Waals surface area contributed by atoms with Crippen LogP contribution in [0.3, 0.4) is 0 Å². The van der Waals surface area contributed by atoms with Crippen LogP contribution in [0.4, 0.5) is 8.78 Å². The van der Waals surface area contributed by atoms with Gasteiger partial charge in [-0.3, -0.25) is 0 Å². The van der Waals surface area contributed by atoms with Gasteiger partial charge in [-0.05, 0) is 42.9 Å². The van der Waals surface area contributed by atoms with E-state index in [4.69, 9.17) is 4.74 Å². The molecule has 20 heavy (non-hydrogen) atoms. The molecule has 0 saturated carbocycles. The maximum atomic E-state index is 14.0. The van der Waals surface area contributed by atoms with Crippen LogP contribution >= 0.6 is 15.9 Å². The van der Waals surface area contributed by atoms with Crippen molar-refractivity contribution in [1.29, 1.82) is 0 Å². The van der Waals surface area contributed by atoms with Crippen molar-refractivity contribution >= 4 is 15.9 Å². The summed E-state index contributed by atoms with van der Waals surface area (Å²) in [5, 5.41) is 3.00. The minimum atomic E-state index is -0.472. The van der Waals surface area contributed by atoms with Gasteiger partial charge in [-0.2, -0.15) is 0 Å². The Bertz CT molecular complexity index is 619. The minimum absolute atomic E-state index is 0.165. The normalized spacial score (nSPS) is 12.2. The Morgan fingerprint density at radius 3 is 2.45 bits per heavy atom. The molecule has 0 saturated heterocycles. The summed E-state index contributed by atoms with van der Waals surface area (Å²) in [5.41, 5.74) is 1.08. The number of rotatable bonds is 4. The van der Waals surface area contributed by atoms with Crippen molar-refractivity contribution in [2.24, 2.45) is 0 Å². The minimum Gasteiger partial charge on any atom is -0.494 e.